The Morgan fingerprint density at radius 3 is 2.94 bits per heavy atom. The number of halogens is 1. The highest BCUT2D eigenvalue weighted by Crippen LogP contribution is 2.40. The first kappa shape index (κ1) is 11.4. The molecule has 1 aliphatic carbocycles. The van der Waals surface area contributed by atoms with Crippen LogP contribution < -0.4 is 4.74 Å². The van der Waals surface area contributed by atoms with E-state index in [1.807, 2.05) is 4.57 Å². The standard InChI is InChI=1S/C12H12FN3OS/c1-17-9-4-2-3-8(13)10(9)11-14-15-12(18)16(11)7-5-6-7/h2-4,7H,5-6H2,1H3,(H,15,18). The SMILES string of the molecule is COc1cccc(F)c1-c1n[nH]c(=S)n1C1CC1. The molecule has 0 bridgehead atoms. The van der Waals surface area contributed by atoms with Crippen molar-refractivity contribution in [3.63, 3.8) is 0 Å². The summed E-state index contributed by atoms with van der Waals surface area (Å²) in [4.78, 5) is 0. The Balaban J connectivity index is 2.24. The molecule has 1 aliphatic rings. The van der Waals surface area contributed by atoms with Crippen LogP contribution in [0, 0.1) is 10.6 Å². The van der Waals surface area contributed by atoms with Gasteiger partial charge in [0.2, 0.25) is 0 Å². The fourth-order valence-electron chi connectivity index (χ4n) is 2.04. The van der Waals surface area contributed by atoms with Crippen LogP contribution in [0.3, 0.4) is 0 Å². The van der Waals surface area contributed by atoms with E-state index in [9.17, 15) is 4.39 Å². The summed E-state index contributed by atoms with van der Waals surface area (Å²) in [6.45, 7) is 0. The number of benzene rings is 1. The molecule has 1 fully saturated rings. The average Bonchev–Trinajstić information content (AvgIpc) is 3.13. The van der Waals surface area contributed by atoms with E-state index in [2.05, 4.69) is 10.2 Å². The van der Waals surface area contributed by atoms with Crippen molar-refractivity contribution in [1.29, 1.82) is 0 Å². The highest BCUT2D eigenvalue weighted by atomic mass is 32.1. The second kappa shape index (κ2) is 4.20. The van der Waals surface area contributed by atoms with Crippen molar-refractivity contribution >= 4 is 12.2 Å². The monoisotopic (exact) mass is 265 g/mol. The van der Waals surface area contributed by atoms with Gasteiger partial charge in [0.1, 0.15) is 11.6 Å². The molecule has 6 heteroatoms. The second-order valence-corrected chi connectivity index (χ2v) is 4.66. The van der Waals surface area contributed by atoms with Crippen molar-refractivity contribution in [2.45, 2.75) is 18.9 Å². The maximum absolute atomic E-state index is 14.0. The van der Waals surface area contributed by atoms with E-state index in [-0.39, 0.29) is 5.82 Å². The zero-order chi connectivity index (χ0) is 12.7. The molecule has 18 heavy (non-hydrogen) atoms. The summed E-state index contributed by atoms with van der Waals surface area (Å²) < 4.78 is 21.6. The Morgan fingerprint density at radius 1 is 1.50 bits per heavy atom. The number of hydrogen-bond acceptors (Lipinski definition) is 3. The molecule has 0 radical (unpaired) electrons. The Bertz CT molecular complexity index is 645. The Morgan fingerprint density at radius 2 is 2.28 bits per heavy atom. The van der Waals surface area contributed by atoms with E-state index in [1.54, 1.807) is 12.1 Å². The van der Waals surface area contributed by atoms with E-state index in [0.717, 1.165) is 12.8 Å². The third-order valence-corrected chi connectivity index (χ3v) is 3.32. The molecular formula is C12H12FN3OS. The molecule has 1 aromatic heterocycles. The van der Waals surface area contributed by atoms with Crippen LogP contribution in [0.15, 0.2) is 18.2 Å². The molecule has 0 aliphatic heterocycles. The highest BCUT2D eigenvalue weighted by Gasteiger charge is 2.29. The summed E-state index contributed by atoms with van der Waals surface area (Å²) in [7, 11) is 1.51. The van der Waals surface area contributed by atoms with Crippen LogP contribution in [-0.2, 0) is 0 Å². The van der Waals surface area contributed by atoms with E-state index in [4.69, 9.17) is 17.0 Å². The van der Waals surface area contributed by atoms with Gasteiger partial charge in [-0.1, -0.05) is 6.07 Å². The van der Waals surface area contributed by atoms with Crippen LogP contribution in [-0.4, -0.2) is 21.9 Å². The lowest BCUT2D eigenvalue weighted by atomic mass is 10.1. The molecule has 0 amide bonds. The highest BCUT2D eigenvalue weighted by molar-refractivity contribution is 7.71. The number of ether oxygens (including phenoxy) is 1. The molecule has 2 aromatic rings. The van der Waals surface area contributed by atoms with Crippen LogP contribution >= 0.6 is 12.2 Å². The molecule has 94 valence electrons. The van der Waals surface area contributed by atoms with Gasteiger partial charge in [-0.05, 0) is 37.2 Å². The van der Waals surface area contributed by atoms with Gasteiger partial charge in [0.05, 0.1) is 12.7 Å². The molecular weight excluding hydrogens is 253 g/mol. The number of nitrogens with zero attached hydrogens (tertiary/aromatic N) is 2. The largest absolute Gasteiger partial charge is 0.496 e. The number of nitrogens with one attached hydrogen (secondary N) is 1. The number of aromatic nitrogens is 3. The molecule has 3 rings (SSSR count). The van der Waals surface area contributed by atoms with Gasteiger partial charge in [0, 0.05) is 6.04 Å². The number of hydrogen-bond donors (Lipinski definition) is 1. The van der Waals surface area contributed by atoms with Gasteiger partial charge < -0.3 is 4.74 Å². The summed E-state index contributed by atoms with van der Waals surface area (Å²) in [5.41, 5.74) is 0.360. The van der Waals surface area contributed by atoms with Crippen LogP contribution in [0.5, 0.6) is 5.75 Å². The molecule has 4 nitrogen and oxygen atoms in total. The van der Waals surface area contributed by atoms with Gasteiger partial charge in [-0.2, -0.15) is 5.10 Å². The molecule has 0 atom stereocenters. The number of H-pyrrole nitrogens is 1. The fourth-order valence-corrected chi connectivity index (χ4v) is 2.33. The van der Waals surface area contributed by atoms with E-state index >= 15 is 0 Å². The minimum Gasteiger partial charge on any atom is -0.496 e. The van der Waals surface area contributed by atoms with Crippen molar-refractivity contribution in [2.75, 3.05) is 7.11 Å². The maximum Gasteiger partial charge on any atom is 0.195 e. The van der Waals surface area contributed by atoms with Crippen molar-refractivity contribution in [3.8, 4) is 17.1 Å². The number of rotatable bonds is 3. The lowest BCUT2D eigenvalue weighted by molar-refractivity contribution is 0.412. The van der Waals surface area contributed by atoms with Crippen molar-refractivity contribution in [1.82, 2.24) is 14.8 Å². The fraction of sp³-hybridized carbons (Fsp3) is 0.333. The van der Waals surface area contributed by atoms with Gasteiger partial charge >= 0.3 is 0 Å². The molecule has 1 heterocycles. The Hall–Kier alpha value is -1.69. The molecule has 1 saturated carbocycles. The van der Waals surface area contributed by atoms with Crippen LogP contribution in [0.4, 0.5) is 4.39 Å². The van der Waals surface area contributed by atoms with E-state index in [0.29, 0.717) is 28.0 Å². The summed E-state index contributed by atoms with van der Waals surface area (Å²) in [5.74, 6) is 0.619. The summed E-state index contributed by atoms with van der Waals surface area (Å²) >= 11 is 5.19. The Kier molecular flexibility index (Phi) is 2.66. The molecule has 1 N–H and O–H groups in total. The predicted molar refractivity (Wildman–Crippen MR) is 67.6 cm³/mol. The van der Waals surface area contributed by atoms with Gasteiger partial charge in [-0.3, -0.25) is 9.67 Å². The normalized spacial score (nSPS) is 14.8. The third-order valence-electron chi connectivity index (χ3n) is 3.04. The Labute approximate surface area is 108 Å². The lowest BCUT2D eigenvalue weighted by Crippen LogP contribution is -2.01. The first-order valence-corrected chi connectivity index (χ1v) is 6.13. The number of aromatic amines is 1. The quantitative estimate of drug-likeness (QED) is 0.867. The second-order valence-electron chi connectivity index (χ2n) is 4.27. The first-order valence-electron chi connectivity index (χ1n) is 5.72. The molecule has 0 saturated heterocycles. The summed E-state index contributed by atoms with van der Waals surface area (Å²) in [5, 5.41) is 6.87. The summed E-state index contributed by atoms with van der Waals surface area (Å²) in [6, 6.07) is 5.05. The molecule has 1 aromatic carbocycles. The molecule has 0 unspecified atom stereocenters. The topological polar surface area (TPSA) is 42.8 Å². The smallest absolute Gasteiger partial charge is 0.195 e. The van der Waals surface area contributed by atoms with Crippen molar-refractivity contribution < 1.29 is 9.13 Å². The van der Waals surface area contributed by atoms with Crippen LogP contribution in [0.2, 0.25) is 0 Å². The summed E-state index contributed by atoms with van der Waals surface area (Å²) in [6.07, 6.45) is 2.11. The van der Waals surface area contributed by atoms with Gasteiger partial charge in [-0.25, -0.2) is 4.39 Å². The van der Waals surface area contributed by atoms with E-state index in [1.165, 1.54) is 13.2 Å². The minimum atomic E-state index is -0.356. The van der Waals surface area contributed by atoms with E-state index < -0.39 is 0 Å². The maximum atomic E-state index is 14.0. The zero-order valence-corrected chi connectivity index (χ0v) is 10.6. The minimum absolute atomic E-state index is 0.329. The zero-order valence-electron chi connectivity index (χ0n) is 9.81. The predicted octanol–water partition coefficient (Wildman–Crippen LogP) is 3.09. The van der Waals surface area contributed by atoms with Crippen molar-refractivity contribution in [3.05, 3.63) is 28.8 Å². The van der Waals surface area contributed by atoms with Gasteiger partial charge in [-0.15, -0.1) is 0 Å². The van der Waals surface area contributed by atoms with Crippen molar-refractivity contribution in [2.24, 2.45) is 0 Å². The van der Waals surface area contributed by atoms with Crippen LogP contribution in [0.25, 0.3) is 11.4 Å². The van der Waals surface area contributed by atoms with Gasteiger partial charge in [0.15, 0.2) is 10.6 Å². The van der Waals surface area contributed by atoms with Crippen LogP contribution in [0.1, 0.15) is 18.9 Å². The molecule has 0 spiro atoms. The lowest BCUT2D eigenvalue weighted by Gasteiger charge is -2.10. The number of methoxy groups -OCH3 is 1. The average molecular weight is 265 g/mol. The third kappa shape index (κ3) is 1.73. The first-order chi connectivity index (χ1) is 8.72. The van der Waals surface area contributed by atoms with Gasteiger partial charge in [0.25, 0.3) is 0 Å².